The standard InChI is InChI=1S/C15H17NO4/c1-20-13-9-5-4-8-12(13)16-14(17)10-6-2-3-7-11(10)15(18)19/h2-5,8-11H,6-7H2,1H3,(H,16,17)(H,18,19)/t10-,11-/m0/s1. The summed E-state index contributed by atoms with van der Waals surface area (Å²) >= 11 is 0. The third kappa shape index (κ3) is 2.99. The van der Waals surface area contributed by atoms with Crippen molar-refractivity contribution in [3.63, 3.8) is 0 Å². The Labute approximate surface area is 117 Å². The second kappa shape index (κ2) is 6.23. The van der Waals surface area contributed by atoms with Crippen molar-refractivity contribution in [2.75, 3.05) is 12.4 Å². The predicted octanol–water partition coefficient (Wildman–Crippen LogP) is 2.30. The largest absolute Gasteiger partial charge is 0.495 e. The van der Waals surface area contributed by atoms with E-state index in [1.54, 1.807) is 24.3 Å². The van der Waals surface area contributed by atoms with Gasteiger partial charge in [0.1, 0.15) is 5.75 Å². The minimum Gasteiger partial charge on any atom is -0.495 e. The van der Waals surface area contributed by atoms with E-state index in [2.05, 4.69) is 5.32 Å². The Hall–Kier alpha value is -2.30. The highest BCUT2D eigenvalue weighted by atomic mass is 16.5. The van der Waals surface area contributed by atoms with Crippen LogP contribution in [0.4, 0.5) is 5.69 Å². The third-order valence-electron chi connectivity index (χ3n) is 3.45. The van der Waals surface area contributed by atoms with Crippen LogP contribution in [-0.2, 0) is 9.59 Å². The first-order valence-electron chi connectivity index (χ1n) is 6.45. The van der Waals surface area contributed by atoms with Gasteiger partial charge in [-0.15, -0.1) is 0 Å². The molecule has 0 aliphatic heterocycles. The number of aliphatic carboxylic acids is 1. The number of ether oxygens (including phenoxy) is 1. The van der Waals surface area contributed by atoms with Gasteiger partial charge >= 0.3 is 5.97 Å². The van der Waals surface area contributed by atoms with Crippen molar-refractivity contribution in [3.8, 4) is 5.75 Å². The quantitative estimate of drug-likeness (QED) is 0.827. The summed E-state index contributed by atoms with van der Waals surface area (Å²) in [5.41, 5.74) is 0.554. The number of rotatable bonds is 4. The van der Waals surface area contributed by atoms with Gasteiger partial charge in [0.2, 0.25) is 5.91 Å². The molecule has 0 unspecified atom stereocenters. The smallest absolute Gasteiger partial charge is 0.307 e. The monoisotopic (exact) mass is 275 g/mol. The minimum absolute atomic E-state index is 0.286. The molecule has 0 aromatic heterocycles. The van der Waals surface area contributed by atoms with Crippen molar-refractivity contribution in [3.05, 3.63) is 36.4 Å². The molecule has 1 aromatic rings. The number of hydrogen-bond acceptors (Lipinski definition) is 3. The van der Waals surface area contributed by atoms with Crippen molar-refractivity contribution in [1.29, 1.82) is 0 Å². The highest BCUT2D eigenvalue weighted by molar-refractivity contribution is 5.96. The number of nitrogens with one attached hydrogen (secondary N) is 1. The Morgan fingerprint density at radius 2 is 1.85 bits per heavy atom. The lowest BCUT2D eigenvalue weighted by Crippen LogP contribution is -2.34. The van der Waals surface area contributed by atoms with E-state index in [1.807, 2.05) is 12.2 Å². The summed E-state index contributed by atoms with van der Waals surface area (Å²) in [7, 11) is 1.52. The molecule has 5 nitrogen and oxygen atoms in total. The van der Waals surface area contributed by atoms with Crippen molar-refractivity contribution in [2.45, 2.75) is 12.8 Å². The van der Waals surface area contributed by atoms with Gasteiger partial charge in [0.05, 0.1) is 24.6 Å². The zero-order valence-corrected chi connectivity index (χ0v) is 11.2. The molecule has 2 rings (SSSR count). The molecule has 0 spiro atoms. The maximum Gasteiger partial charge on any atom is 0.307 e. The molecule has 106 valence electrons. The highest BCUT2D eigenvalue weighted by Crippen LogP contribution is 2.29. The molecule has 0 saturated heterocycles. The van der Waals surface area contributed by atoms with Gasteiger partial charge in [0.15, 0.2) is 0 Å². The molecule has 0 saturated carbocycles. The molecule has 2 atom stereocenters. The lowest BCUT2D eigenvalue weighted by Gasteiger charge is -2.24. The van der Waals surface area contributed by atoms with Crippen LogP contribution in [0.25, 0.3) is 0 Å². The Balaban J connectivity index is 2.14. The van der Waals surface area contributed by atoms with Gasteiger partial charge < -0.3 is 15.2 Å². The van der Waals surface area contributed by atoms with E-state index in [0.29, 0.717) is 24.3 Å². The van der Waals surface area contributed by atoms with Crippen LogP contribution >= 0.6 is 0 Å². The second-order valence-electron chi connectivity index (χ2n) is 4.68. The van der Waals surface area contributed by atoms with Crippen LogP contribution in [0.2, 0.25) is 0 Å². The van der Waals surface area contributed by atoms with Crippen molar-refractivity contribution < 1.29 is 19.4 Å². The number of carboxylic acids is 1. The molecule has 1 aromatic carbocycles. The number of amides is 1. The number of anilines is 1. The molecule has 5 heteroatoms. The normalized spacial score (nSPS) is 21.2. The molecule has 0 radical (unpaired) electrons. The second-order valence-corrected chi connectivity index (χ2v) is 4.68. The maximum atomic E-state index is 12.3. The molecule has 0 bridgehead atoms. The van der Waals surface area contributed by atoms with E-state index in [1.165, 1.54) is 7.11 Å². The summed E-state index contributed by atoms with van der Waals surface area (Å²) < 4.78 is 5.16. The molecule has 2 N–H and O–H groups in total. The number of methoxy groups -OCH3 is 1. The van der Waals surface area contributed by atoms with Crippen LogP contribution in [0, 0.1) is 11.8 Å². The summed E-state index contributed by atoms with van der Waals surface area (Å²) in [6.45, 7) is 0. The van der Waals surface area contributed by atoms with Crippen LogP contribution in [0.15, 0.2) is 36.4 Å². The molecule has 0 fully saturated rings. The van der Waals surface area contributed by atoms with Gasteiger partial charge in [0, 0.05) is 0 Å². The Bertz CT molecular complexity index is 538. The first-order valence-corrected chi connectivity index (χ1v) is 6.45. The van der Waals surface area contributed by atoms with Crippen molar-refractivity contribution >= 4 is 17.6 Å². The fourth-order valence-electron chi connectivity index (χ4n) is 2.35. The predicted molar refractivity (Wildman–Crippen MR) is 74.6 cm³/mol. The van der Waals surface area contributed by atoms with Gasteiger partial charge in [0.25, 0.3) is 0 Å². The van der Waals surface area contributed by atoms with Crippen molar-refractivity contribution in [2.24, 2.45) is 11.8 Å². The van der Waals surface area contributed by atoms with Crippen LogP contribution < -0.4 is 10.1 Å². The van der Waals surface area contributed by atoms with Crippen LogP contribution in [0.3, 0.4) is 0 Å². The Kier molecular flexibility index (Phi) is 4.40. The average molecular weight is 275 g/mol. The Morgan fingerprint density at radius 3 is 2.50 bits per heavy atom. The third-order valence-corrected chi connectivity index (χ3v) is 3.45. The first-order chi connectivity index (χ1) is 9.63. The lowest BCUT2D eigenvalue weighted by atomic mass is 9.82. The summed E-state index contributed by atoms with van der Waals surface area (Å²) in [6.07, 6.45) is 4.49. The number of carbonyl (C=O) groups excluding carboxylic acids is 1. The van der Waals surface area contributed by atoms with E-state index < -0.39 is 17.8 Å². The first kappa shape index (κ1) is 14.1. The summed E-state index contributed by atoms with van der Waals surface area (Å²) in [6, 6.07) is 7.06. The topological polar surface area (TPSA) is 75.6 Å². The van der Waals surface area contributed by atoms with Crippen LogP contribution in [0.1, 0.15) is 12.8 Å². The average Bonchev–Trinajstić information content (AvgIpc) is 2.47. The summed E-state index contributed by atoms with van der Waals surface area (Å²) in [5, 5.41) is 11.9. The van der Waals surface area contributed by atoms with E-state index >= 15 is 0 Å². The maximum absolute atomic E-state index is 12.3. The minimum atomic E-state index is -0.936. The molecular formula is C15H17NO4. The van der Waals surface area contributed by atoms with Gasteiger partial charge in [-0.25, -0.2) is 0 Å². The van der Waals surface area contributed by atoms with E-state index in [0.717, 1.165) is 0 Å². The van der Waals surface area contributed by atoms with Crippen LogP contribution in [-0.4, -0.2) is 24.1 Å². The fraction of sp³-hybridized carbons (Fsp3) is 0.333. The highest BCUT2D eigenvalue weighted by Gasteiger charge is 2.34. The summed E-state index contributed by atoms with van der Waals surface area (Å²) in [4.78, 5) is 23.5. The van der Waals surface area contributed by atoms with Crippen molar-refractivity contribution in [1.82, 2.24) is 0 Å². The molecule has 1 amide bonds. The fourth-order valence-corrected chi connectivity index (χ4v) is 2.35. The van der Waals surface area contributed by atoms with E-state index in [4.69, 9.17) is 4.74 Å². The summed E-state index contributed by atoms with van der Waals surface area (Å²) in [5.74, 6) is -1.89. The van der Waals surface area contributed by atoms with Gasteiger partial charge in [-0.2, -0.15) is 0 Å². The zero-order valence-electron chi connectivity index (χ0n) is 11.2. The van der Waals surface area contributed by atoms with E-state index in [9.17, 15) is 14.7 Å². The SMILES string of the molecule is COc1ccccc1NC(=O)[C@H]1CC=CC[C@@H]1C(=O)O. The van der Waals surface area contributed by atoms with Gasteiger partial charge in [-0.05, 0) is 25.0 Å². The Morgan fingerprint density at radius 1 is 1.20 bits per heavy atom. The number of para-hydroxylation sites is 2. The molecular weight excluding hydrogens is 258 g/mol. The van der Waals surface area contributed by atoms with Crippen LogP contribution in [0.5, 0.6) is 5.75 Å². The molecule has 1 aliphatic carbocycles. The molecule has 1 aliphatic rings. The van der Waals surface area contributed by atoms with Gasteiger partial charge in [-0.1, -0.05) is 24.3 Å². The zero-order chi connectivity index (χ0) is 14.5. The number of carbonyl (C=O) groups is 2. The molecule has 20 heavy (non-hydrogen) atoms. The molecule has 0 heterocycles. The number of carboxylic acid groups (broad SMARTS) is 1. The lowest BCUT2D eigenvalue weighted by molar-refractivity contribution is -0.146. The number of allylic oxidation sites excluding steroid dienone is 2. The number of hydrogen-bond donors (Lipinski definition) is 2. The van der Waals surface area contributed by atoms with Gasteiger partial charge in [-0.3, -0.25) is 9.59 Å². The van der Waals surface area contributed by atoms with E-state index in [-0.39, 0.29) is 5.91 Å². The number of benzene rings is 1.